The Morgan fingerprint density at radius 1 is 1.21 bits per heavy atom. The Bertz CT molecular complexity index is 1300. The smallest absolute Gasteiger partial charge is 0.341 e. The largest absolute Gasteiger partial charge is 0.477 e. The van der Waals surface area contributed by atoms with Crippen molar-refractivity contribution in [2.24, 2.45) is 0 Å². The molecule has 3 heterocycles. The molecule has 0 atom stereocenters. The minimum absolute atomic E-state index is 0.0567. The van der Waals surface area contributed by atoms with Crippen molar-refractivity contribution in [3.05, 3.63) is 57.5 Å². The third kappa shape index (κ3) is 4.50. The minimum atomic E-state index is -1.32. The van der Waals surface area contributed by atoms with Crippen LogP contribution in [0.5, 0.6) is 0 Å². The van der Waals surface area contributed by atoms with Crippen LogP contribution in [0.3, 0.4) is 0 Å². The van der Waals surface area contributed by atoms with Gasteiger partial charge < -0.3 is 19.5 Å². The number of likely N-dealkylation sites (tertiary alicyclic amines) is 1. The first-order valence-corrected chi connectivity index (χ1v) is 11.9. The van der Waals surface area contributed by atoms with Crippen LogP contribution in [0.1, 0.15) is 48.5 Å². The number of carboxylic acid groups (broad SMARTS) is 1. The number of hydrogen-bond acceptors (Lipinski definition) is 6. The van der Waals surface area contributed by atoms with Crippen LogP contribution in [0.25, 0.3) is 10.9 Å². The Hall–Kier alpha value is -3.04. The Balaban J connectivity index is 1.62. The summed E-state index contributed by atoms with van der Waals surface area (Å²) in [5.41, 5.74) is -0.286. The molecular formula is C24H25ClFN5O3. The number of aromatic carboxylic acids is 1. The fourth-order valence-corrected chi connectivity index (χ4v) is 4.76. The number of fused-ring (bicyclic) bond motifs is 1. The van der Waals surface area contributed by atoms with Gasteiger partial charge in [-0.15, -0.1) is 0 Å². The molecule has 34 heavy (non-hydrogen) atoms. The molecule has 2 aliphatic rings. The normalized spacial score (nSPS) is 16.6. The van der Waals surface area contributed by atoms with Gasteiger partial charge in [0.25, 0.3) is 0 Å². The highest BCUT2D eigenvalue weighted by molar-refractivity contribution is 6.29. The molecule has 0 unspecified atom stereocenters. The molecule has 1 saturated carbocycles. The molecule has 5 rings (SSSR count). The van der Waals surface area contributed by atoms with E-state index in [1.165, 1.54) is 25.0 Å². The zero-order valence-electron chi connectivity index (χ0n) is 18.6. The fraction of sp³-hybridized carbons (Fsp3) is 0.417. The third-order valence-corrected chi connectivity index (χ3v) is 6.70. The van der Waals surface area contributed by atoms with Crippen LogP contribution < -0.4 is 10.3 Å². The van der Waals surface area contributed by atoms with Crippen LogP contribution in [-0.4, -0.2) is 56.7 Å². The third-order valence-electron chi connectivity index (χ3n) is 6.52. The van der Waals surface area contributed by atoms with E-state index in [-0.39, 0.29) is 27.8 Å². The summed E-state index contributed by atoms with van der Waals surface area (Å²) in [6, 6.07) is 2.85. The number of piperidine rings is 1. The van der Waals surface area contributed by atoms with E-state index in [4.69, 9.17) is 11.6 Å². The van der Waals surface area contributed by atoms with E-state index in [1.807, 2.05) is 0 Å². The zero-order valence-corrected chi connectivity index (χ0v) is 19.3. The average molecular weight is 486 g/mol. The zero-order chi connectivity index (χ0) is 23.8. The second-order valence-corrected chi connectivity index (χ2v) is 9.28. The van der Waals surface area contributed by atoms with E-state index in [0.717, 1.165) is 44.8 Å². The molecule has 10 heteroatoms. The van der Waals surface area contributed by atoms with Crippen molar-refractivity contribution in [1.82, 2.24) is 19.4 Å². The van der Waals surface area contributed by atoms with Gasteiger partial charge in [-0.3, -0.25) is 9.78 Å². The monoisotopic (exact) mass is 485 g/mol. The van der Waals surface area contributed by atoms with Crippen LogP contribution >= 0.6 is 11.6 Å². The van der Waals surface area contributed by atoms with Gasteiger partial charge in [0.05, 0.1) is 23.6 Å². The number of nitrogens with zero attached hydrogens (tertiary/aromatic N) is 5. The first-order valence-electron chi connectivity index (χ1n) is 11.5. The van der Waals surface area contributed by atoms with E-state index < -0.39 is 17.2 Å². The fourth-order valence-electron chi connectivity index (χ4n) is 4.62. The van der Waals surface area contributed by atoms with Crippen molar-refractivity contribution in [3.63, 3.8) is 0 Å². The lowest BCUT2D eigenvalue weighted by atomic mass is 10.1. The van der Waals surface area contributed by atoms with Gasteiger partial charge in [-0.05, 0) is 50.9 Å². The highest BCUT2D eigenvalue weighted by atomic mass is 35.5. The molecule has 0 bridgehead atoms. The van der Waals surface area contributed by atoms with Crippen LogP contribution in [0.2, 0.25) is 5.15 Å². The molecule has 0 amide bonds. The molecule has 0 spiro atoms. The van der Waals surface area contributed by atoms with Crippen molar-refractivity contribution >= 4 is 40.0 Å². The quantitative estimate of drug-likeness (QED) is 0.535. The molecule has 1 aliphatic heterocycles. The van der Waals surface area contributed by atoms with Gasteiger partial charge in [0, 0.05) is 30.7 Å². The number of anilines is 2. The summed E-state index contributed by atoms with van der Waals surface area (Å²) in [4.78, 5) is 37.0. The number of carbonyl (C=O) groups is 1. The SMILES string of the molecule is O=C(O)c1cn(C2CC2)c2cc(N(CCN3CCCCC3)c3cncc(Cl)n3)c(F)cc2c1=O. The lowest BCUT2D eigenvalue weighted by Gasteiger charge is -2.31. The number of aromatic nitrogens is 3. The van der Waals surface area contributed by atoms with E-state index in [9.17, 15) is 14.7 Å². The van der Waals surface area contributed by atoms with Crippen LogP contribution in [0.15, 0.2) is 35.5 Å². The molecule has 2 fully saturated rings. The van der Waals surface area contributed by atoms with Crippen molar-refractivity contribution < 1.29 is 14.3 Å². The van der Waals surface area contributed by atoms with Gasteiger partial charge in [-0.2, -0.15) is 0 Å². The average Bonchev–Trinajstić information content (AvgIpc) is 3.66. The second kappa shape index (κ2) is 9.31. The summed E-state index contributed by atoms with van der Waals surface area (Å²) in [6.45, 7) is 3.15. The van der Waals surface area contributed by atoms with E-state index in [2.05, 4.69) is 14.9 Å². The summed E-state index contributed by atoms with van der Waals surface area (Å²) in [7, 11) is 0. The van der Waals surface area contributed by atoms with Gasteiger partial charge in [0.15, 0.2) is 5.82 Å². The van der Waals surface area contributed by atoms with E-state index in [0.29, 0.717) is 24.4 Å². The molecule has 1 saturated heterocycles. The molecule has 1 aromatic carbocycles. The maximum Gasteiger partial charge on any atom is 0.341 e. The van der Waals surface area contributed by atoms with Crippen molar-refractivity contribution in [2.45, 2.75) is 38.1 Å². The predicted molar refractivity (Wildman–Crippen MR) is 128 cm³/mol. The number of hydrogen-bond donors (Lipinski definition) is 1. The van der Waals surface area contributed by atoms with Gasteiger partial charge >= 0.3 is 5.97 Å². The minimum Gasteiger partial charge on any atom is -0.477 e. The summed E-state index contributed by atoms with van der Waals surface area (Å²) < 4.78 is 17.3. The maximum atomic E-state index is 15.6. The standard InChI is InChI=1S/C24H25ClFN5O3/c25-21-12-27-13-22(28-21)30(9-8-29-6-2-1-3-7-29)20-11-19-16(10-18(20)26)23(32)17(24(33)34)14-31(19)15-4-5-15/h10-15H,1-9H2,(H,33,34). The lowest BCUT2D eigenvalue weighted by Crippen LogP contribution is -2.37. The summed E-state index contributed by atoms with van der Waals surface area (Å²) in [6.07, 6.45) is 9.59. The number of pyridine rings is 1. The molecule has 1 aliphatic carbocycles. The summed E-state index contributed by atoms with van der Waals surface area (Å²) in [5.74, 6) is -1.54. The maximum absolute atomic E-state index is 15.6. The molecular weight excluding hydrogens is 461 g/mol. The lowest BCUT2D eigenvalue weighted by molar-refractivity contribution is 0.0695. The van der Waals surface area contributed by atoms with Crippen molar-refractivity contribution in [2.75, 3.05) is 31.1 Å². The number of rotatable bonds is 7. The molecule has 0 radical (unpaired) electrons. The Labute approximate surface area is 200 Å². The molecule has 2 aromatic heterocycles. The number of benzene rings is 1. The van der Waals surface area contributed by atoms with Gasteiger partial charge in [0.2, 0.25) is 5.43 Å². The van der Waals surface area contributed by atoms with E-state index in [1.54, 1.807) is 15.5 Å². The first kappa shape index (κ1) is 22.7. The van der Waals surface area contributed by atoms with Crippen LogP contribution in [-0.2, 0) is 0 Å². The van der Waals surface area contributed by atoms with Crippen LogP contribution in [0.4, 0.5) is 15.9 Å². The highest BCUT2D eigenvalue weighted by Crippen LogP contribution is 2.38. The highest BCUT2D eigenvalue weighted by Gasteiger charge is 2.28. The summed E-state index contributed by atoms with van der Waals surface area (Å²) in [5, 5.41) is 9.74. The van der Waals surface area contributed by atoms with Gasteiger partial charge in [-0.1, -0.05) is 18.0 Å². The number of halogens is 2. The first-order chi connectivity index (χ1) is 16.4. The molecule has 178 valence electrons. The molecule has 1 N–H and O–H groups in total. The Morgan fingerprint density at radius 2 is 1.97 bits per heavy atom. The molecule has 8 nitrogen and oxygen atoms in total. The Kier molecular flexibility index (Phi) is 6.22. The summed E-state index contributed by atoms with van der Waals surface area (Å²) >= 11 is 6.10. The van der Waals surface area contributed by atoms with Crippen molar-refractivity contribution in [1.29, 1.82) is 0 Å². The Morgan fingerprint density at radius 3 is 2.65 bits per heavy atom. The van der Waals surface area contributed by atoms with Gasteiger partial charge in [-0.25, -0.2) is 14.2 Å². The topological polar surface area (TPSA) is 91.6 Å². The van der Waals surface area contributed by atoms with Crippen molar-refractivity contribution in [3.8, 4) is 0 Å². The number of carboxylic acids is 1. The van der Waals surface area contributed by atoms with E-state index >= 15 is 4.39 Å². The second-order valence-electron chi connectivity index (χ2n) is 8.89. The predicted octanol–water partition coefficient (Wildman–Crippen LogP) is 4.24. The van der Waals surface area contributed by atoms with Gasteiger partial charge in [0.1, 0.15) is 16.5 Å². The molecule has 3 aromatic rings. The van der Waals surface area contributed by atoms with Crippen LogP contribution in [0, 0.1) is 5.82 Å².